The third-order valence-electron chi connectivity index (χ3n) is 2.98. The molecule has 1 heterocycles. The molecule has 118 valence electrons. The summed E-state index contributed by atoms with van der Waals surface area (Å²) in [6.07, 6.45) is 1.38. The molecule has 2 aromatic rings. The first-order valence-electron chi connectivity index (χ1n) is 6.45. The topological polar surface area (TPSA) is 85.8 Å². The lowest BCUT2D eigenvalue weighted by Crippen LogP contribution is -2.33. The fraction of sp³-hybridized carbons (Fsp3) is 0.308. The number of nitrogens with one attached hydrogen (secondary N) is 1. The van der Waals surface area contributed by atoms with Crippen molar-refractivity contribution in [3.63, 3.8) is 0 Å². The maximum absolute atomic E-state index is 12.2. The summed E-state index contributed by atoms with van der Waals surface area (Å²) in [4.78, 5) is 12.2. The Morgan fingerprint density at radius 1 is 1.41 bits per heavy atom. The van der Waals surface area contributed by atoms with Gasteiger partial charge in [-0.3, -0.25) is 4.79 Å². The number of halogens is 2. The van der Waals surface area contributed by atoms with Crippen LogP contribution >= 0.6 is 35.0 Å². The van der Waals surface area contributed by atoms with E-state index in [0.29, 0.717) is 15.2 Å². The Morgan fingerprint density at radius 3 is 2.73 bits per heavy atom. The molecular weight excluding hydrogens is 345 g/mol. The van der Waals surface area contributed by atoms with Crippen molar-refractivity contribution in [1.29, 1.82) is 0 Å². The lowest BCUT2D eigenvalue weighted by molar-refractivity contribution is -0.120. The number of rotatable bonds is 5. The largest absolute Gasteiger partial charge is 0.349 e. The van der Waals surface area contributed by atoms with Crippen molar-refractivity contribution in [3.05, 3.63) is 40.1 Å². The van der Waals surface area contributed by atoms with Gasteiger partial charge in [-0.2, -0.15) is 0 Å². The van der Waals surface area contributed by atoms with Gasteiger partial charge >= 0.3 is 0 Å². The number of carbonyl (C=O) groups is 1. The van der Waals surface area contributed by atoms with E-state index >= 15 is 0 Å². The third-order valence-corrected chi connectivity index (χ3v) is 4.61. The lowest BCUT2D eigenvalue weighted by atomic mass is 10.1. The second-order valence-electron chi connectivity index (χ2n) is 4.68. The maximum Gasteiger partial charge on any atom is 0.233 e. The van der Waals surface area contributed by atoms with E-state index in [0.717, 1.165) is 5.56 Å². The van der Waals surface area contributed by atoms with Gasteiger partial charge in [0.1, 0.15) is 6.33 Å². The first kappa shape index (κ1) is 16.9. The van der Waals surface area contributed by atoms with Gasteiger partial charge in [0.2, 0.25) is 11.1 Å². The van der Waals surface area contributed by atoms with E-state index in [9.17, 15) is 4.79 Å². The first-order valence-corrected chi connectivity index (χ1v) is 8.09. The molecule has 9 heteroatoms. The van der Waals surface area contributed by atoms with E-state index in [1.165, 1.54) is 22.8 Å². The van der Waals surface area contributed by atoms with Gasteiger partial charge in [-0.1, -0.05) is 41.0 Å². The molecule has 3 N–H and O–H groups in total. The number of hydrogen-bond donors (Lipinski definition) is 2. The number of nitrogen functional groups attached to an aromatic ring is 1. The lowest BCUT2D eigenvalue weighted by Gasteiger charge is -2.18. The van der Waals surface area contributed by atoms with Crippen LogP contribution in [0, 0.1) is 0 Å². The summed E-state index contributed by atoms with van der Waals surface area (Å²) in [5.41, 5.74) is 0.804. The van der Waals surface area contributed by atoms with Crippen LogP contribution in [-0.2, 0) is 4.79 Å². The second-order valence-corrected chi connectivity index (χ2v) is 6.83. The summed E-state index contributed by atoms with van der Waals surface area (Å²) in [6, 6.07) is 4.94. The minimum absolute atomic E-state index is 0.147. The van der Waals surface area contributed by atoms with Crippen LogP contribution in [0.15, 0.2) is 29.7 Å². The highest BCUT2D eigenvalue weighted by molar-refractivity contribution is 8.00. The summed E-state index contributed by atoms with van der Waals surface area (Å²) in [7, 11) is 0. The Hall–Kier alpha value is -1.44. The van der Waals surface area contributed by atoms with Gasteiger partial charge in [-0.25, -0.2) is 4.68 Å². The fourth-order valence-corrected chi connectivity index (χ4v) is 3.12. The quantitative estimate of drug-likeness (QED) is 0.632. The normalized spacial score (nSPS) is 13.6. The van der Waals surface area contributed by atoms with Gasteiger partial charge < -0.3 is 11.2 Å². The summed E-state index contributed by atoms with van der Waals surface area (Å²) in [6.45, 7) is 3.63. The highest BCUT2D eigenvalue weighted by Gasteiger charge is 2.20. The molecule has 1 aromatic carbocycles. The minimum atomic E-state index is -0.375. The standard InChI is InChI=1S/C13H15Cl2N5OS/c1-7(10-4-3-9(14)5-11(10)15)18-12(21)8(2)22-13-19-17-6-20(13)16/h3-8H,16H2,1-2H3,(H,18,21)/t7-,8-/m1/s1. The van der Waals surface area contributed by atoms with E-state index < -0.39 is 0 Å². The number of benzene rings is 1. The molecule has 1 amide bonds. The predicted molar refractivity (Wildman–Crippen MR) is 88.5 cm³/mol. The monoisotopic (exact) mass is 359 g/mol. The van der Waals surface area contributed by atoms with Crippen LogP contribution in [0.5, 0.6) is 0 Å². The highest BCUT2D eigenvalue weighted by Crippen LogP contribution is 2.27. The zero-order valence-corrected chi connectivity index (χ0v) is 14.3. The Morgan fingerprint density at radius 2 is 2.14 bits per heavy atom. The van der Waals surface area contributed by atoms with Crippen molar-refractivity contribution in [2.24, 2.45) is 0 Å². The molecule has 6 nitrogen and oxygen atoms in total. The zero-order valence-electron chi connectivity index (χ0n) is 12.0. The zero-order chi connectivity index (χ0) is 16.3. The molecule has 22 heavy (non-hydrogen) atoms. The van der Waals surface area contributed by atoms with Crippen molar-refractivity contribution in [1.82, 2.24) is 20.2 Å². The molecule has 0 spiro atoms. The smallest absolute Gasteiger partial charge is 0.233 e. The van der Waals surface area contributed by atoms with Gasteiger partial charge in [-0.05, 0) is 31.5 Å². The number of amides is 1. The molecule has 0 bridgehead atoms. The molecule has 0 aliphatic rings. The highest BCUT2D eigenvalue weighted by atomic mass is 35.5. The number of nitrogens with two attached hydrogens (primary N) is 1. The molecule has 0 radical (unpaired) electrons. The van der Waals surface area contributed by atoms with Gasteiger partial charge in [0.05, 0.1) is 11.3 Å². The predicted octanol–water partition coefficient (Wildman–Crippen LogP) is 2.66. The molecule has 2 rings (SSSR count). The summed E-state index contributed by atoms with van der Waals surface area (Å²) in [5, 5.41) is 11.6. The number of aromatic nitrogens is 3. The van der Waals surface area contributed by atoms with Crippen LogP contribution in [0.1, 0.15) is 25.5 Å². The average molecular weight is 360 g/mol. The van der Waals surface area contributed by atoms with E-state index in [-0.39, 0.29) is 17.2 Å². The van der Waals surface area contributed by atoms with Crippen molar-refractivity contribution in [2.75, 3.05) is 5.84 Å². The maximum atomic E-state index is 12.2. The van der Waals surface area contributed by atoms with E-state index in [2.05, 4.69) is 15.5 Å². The molecular formula is C13H15Cl2N5OS. The molecule has 0 unspecified atom stereocenters. The van der Waals surface area contributed by atoms with E-state index in [1.54, 1.807) is 25.1 Å². The summed E-state index contributed by atoms with van der Waals surface area (Å²) < 4.78 is 1.27. The third kappa shape index (κ3) is 4.06. The Bertz CT molecular complexity index is 678. The Kier molecular flexibility index (Phi) is 5.55. The number of hydrogen-bond acceptors (Lipinski definition) is 5. The molecule has 2 atom stereocenters. The van der Waals surface area contributed by atoms with Gasteiger partial charge in [0.15, 0.2) is 0 Å². The van der Waals surface area contributed by atoms with Crippen LogP contribution in [0.3, 0.4) is 0 Å². The molecule has 1 aromatic heterocycles. The second kappa shape index (κ2) is 7.21. The van der Waals surface area contributed by atoms with Crippen LogP contribution in [-0.4, -0.2) is 26.0 Å². The van der Waals surface area contributed by atoms with Crippen molar-refractivity contribution in [2.45, 2.75) is 30.3 Å². The van der Waals surface area contributed by atoms with Crippen molar-refractivity contribution < 1.29 is 4.79 Å². The van der Waals surface area contributed by atoms with E-state index in [1.807, 2.05) is 6.92 Å². The minimum Gasteiger partial charge on any atom is -0.349 e. The Balaban J connectivity index is 2.00. The van der Waals surface area contributed by atoms with Crippen molar-refractivity contribution >= 4 is 40.9 Å². The number of nitrogens with zero attached hydrogens (tertiary/aromatic N) is 3. The van der Waals surface area contributed by atoms with Crippen LogP contribution in [0.4, 0.5) is 0 Å². The number of thioether (sulfide) groups is 1. The fourth-order valence-electron chi connectivity index (χ4n) is 1.79. The Labute approximate surface area is 142 Å². The average Bonchev–Trinajstić information content (AvgIpc) is 2.83. The van der Waals surface area contributed by atoms with E-state index in [4.69, 9.17) is 29.0 Å². The molecule has 0 saturated heterocycles. The van der Waals surface area contributed by atoms with Crippen LogP contribution in [0.25, 0.3) is 0 Å². The SMILES string of the molecule is C[C@@H](Sc1nncn1N)C(=O)N[C@H](C)c1ccc(Cl)cc1Cl. The van der Waals surface area contributed by atoms with Gasteiger partial charge in [0, 0.05) is 10.0 Å². The van der Waals surface area contributed by atoms with Gasteiger partial charge in [-0.15, -0.1) is 10.2 Å². The molecule has 0 aliphatic heterocycles. The van der Waals surface area contributed by atoms with Gasteiger partial charge in [0.25, 0.3) is 0 Å². The molecule has 0 saturated carbocycles. The molecule has 0 aliphatic carbocycles. The van der Waals surface area contributed by atoms with Crippen molar-refractivity contribution in [3.8, 4) is 0 Å². The summed E-state index contributed by atoms with van der Waals surface area (Å²) >= 11 is 13.2. The first-order chi connectivity index (χ1) is 10.4. The molecule has 0 fully saturated rings. The number of carbonyl (C=O) groups excluding carboxylic acids is 1. The van der Waals surface area contributed by atoms with Crippen LogP contribution < -0.4 is 11.2 Å². The van der Waals surface area contributed by atoms with Crippen LogP contribution in [0.2, 0.25) is 10.0 Å². The summed E-state index contributed by atoms with van der Waals surface area (Å²) in [5.74, 6) is 5.48.